The van der Waals surface area contributed by atoms with Crippen molar-refractivity contribution in [3.05, 3.63) is 59.2 Å². The van der Waals surface area contributed by atoms with E-state index in [4.69, 9.17) is 4.74 Å². The summed E-state index contributed by atoms with van der Waals surface area (Å²) in [6, 6.07) is 7.61. The SMILES string of the molecule is O=C(O)c1nc(NC(=O)C2CO2)c2cc(Cc3ccc(F)cc3)cnc2c1O. The highest BCUT2D eigenvalue weighted by atomic mass is 19.1. The number of nitrogens with one attached hydrogen (secondary N) is 1. The second kappa shape index (κ2) is 6.86. The minimum absolute atomic E-state index is 0.00210. The van der Waals surface area contributed by atoms with Gasteiger partial charge >= 0.3 is 5.97 Å². The number of aromatic nitrogens is 2. The first-order valence-electron chi connectivity index (χ1n) is 8.34. The highest BCUT2D eigenvalue weighted by Gasteiger charge is 2.32. The van der Waals surface area contributed by atoms with Gasteiger partial charge in [-0.05, 0) is 35.7 Å². The first-order valence-corrected chi connectivity index (χ1v) is 8.34. The van der Waals surface area contributed by atoms with Crippen LogP contribution in [0.5, 0.6) is 5.75 Å². The Bertz CT molecular complexity index is 1100. The second-order valence-electron chi connectivity index (χ2n) is 6.32. The van der Waals surface area contributed by atoms with Gasteiger partial charge in [0.15, 0.2) is 17.5 Å². The van der Waals surface area contributed by atoms with Crippen LogP contribution >= 0.6 is 0 Å². The van der Waals surface area contributed by atoms with E-state index in [0.29, 0.717) is 12.0 Å². The van der Waals surface area contributed by atoms with Gasteiger partial charge in [-0.25, -0.2) is 14.2 Å². The Morgan fingerprint density at radius 1 is 1.25 bits per heavy atom. The molecule has 0 bridgehead atoms. The summed E-state index contributed by atoms with van der Waals surface area (Å²) in [5.41, 5.74) is 0.931. The number of carbonyl (C=O) groups is 2. The molecule has 1 atom stereocenters. The quantitative estimate of drug-likeness (QED) is 0.576. The molecule has 0 aliphatic carbocycles. The number of fused-ring (bicyclic) bond motifs is 1. The normalized spacial score (nSPS) is 15.4. The fourth-order valence-corrected chi connectivity index (χ4v) is 2.79. The predicted octanol–water partition coefficient (Wildman–Crippen LogP) is 2.10. The summed E-state index contributed by atoms with van der Waals surface area (Å²) in [5, 5.41) is 22.3. The van der Waals surface area contributed by atoms with E-state index in [0.717, 1.165) is 5.56 Å². The minimum atomic E-state index is -1.45. The molecule has 1 saturated heterocycles. The lowest BCUT2D eigenvalue weighted by molar-refractivity contribution is -0.117. The Balaban J connectivity index is 1.78. The Morgan fingerprint density at radius 2 is 1.96 bits per heavy atom. The number of rotatable bonds is 5. The molecule has 0 radical (unpaired) electrons. The lowest BCUT2D eigenvalue weighted by atomic mass is 10.0. The number of aromatic hydroxyl groups is 1. The van der Waals surface area contributed by atoms with E-state index in [2.05, 4.69) is 15.3 Å². The summed E-state index contributed by atoms with van der Waals surface area (Å²) in [7, 11) is 0. The van der Waals surface area contributed by atoms with Gasteiger partial charge < -0.3 is 20.3 Å². The Kier molecular flexibility index (Phi) is 4.36. The monoisotopic (exact) mass is 383 g/mol. The Morgan fingerprint density at radius 3 is 2.61 bits per heavy atom. The first kappa shape index (κ1) is 17.8. The number of hydrogen-bond donors (Lipinski definition) is 3. The number of pyridine rings is 2. The molecule has 2 aromatic heterocycles. The van der Waals surface area contributed by atoms with Crippen molar-refractivity contribution in [2.24, 2.45) is 0 Å². The standard InChI is InChI=1S/C19H14FN3O5/c20-11-3-1-9(2-4-11)5-10-6-12-14(21-7-10)16(24)15(19(26)27)22-17(12)23-18(25)13-8-28-13/h1-4,6-7,13,24H,5,8H2,(H,26,27)(H,22,23,25). The second-order valence-corrected chi connectivity index (χ2v) is 6.32. The smallest absolute Gasteiger partial charge is 0.358 e. The zero-order chi connectivity index (χ0) is 19.8. The summed E-state index contributed by atoms with van der Waals surface area (Å²) in [6.07, 6.45) is 1.30. The number of nitrogens with zero attached hydrogens (tertiary/aromatic N) is 2. The summed E-state index contributed by atoms with van der Waals surface area (Å²) < 4.78 is 18.0. The van der Waals surface area contributed by atoms with E-state index in [1.54, 1.807) is 18.2 Å². The molecule has 142 valence electrons. The van der Waals surface area contributed by atoms with E-state index < -0.39 is 29.4 Å². The highest BCUT2D eigenvalue weighted by molar-refractivity contribution is 6.06. The van der Waals surface area contributed by atoms with E-state index in [1.165, 1.54) is 18.3 Å². The largest absolute Gasteiger partial charge is 0.504 e. The molecule has 3 aromatic rings. The molecule has 1 aromatic carbocycles. The summed E-state index contributed by atoms with van der Waals surface area (Å²) in [4.78, 5) is 31.5. The summed E-state index contributed by atoms with van der Waals surface area (Å²) >= 11 is 0. The number of halogens is 1. The molecule has 4 rings (SSSR count). The van der Waals surface area contributed by atoms with Crippen LogP contribution in [0.15, 0.2) is 36.5 Å². The number of aromatic carboxylic acids is 1. The number of carboxylic acids is 1. The van der Waals surface area contributed by atoms with Crippen molar-refractivity contribution < 1.29 is 28.9 Å². The number of anilines is 1. The fourth-order valence-electron chi connectivity index (χ4n) is 2.79. The van der Waals surface area contributed by atoms with Gasteiger partial charge in [0.25, 0.3) is 5.91 Å². The van der Waals surface area contributed by atoms with Crippen LogP contribution in [0.25, 0.3) is 10.9 Å². The molecule has 1 aliphatic rings. The Hall–Kier alpha value is -3.59. The maximum absolute atomic E-state index is 13.1. The fraction of sp³-hybridized carbons (Fsp3) is 0.158. The Labute approximate surface area is 157 Å². The first-order chi connectivity index (χ1) is 13.4. The van der Waals surface area contributed by atoms with Crippen molar-refractivity contribution in [1.29, 1.82) is 0 Å². The molecule has 1 aliphatic heterocycles. The third-order valence-corrected chi connectivity index (χ3v) is 4.26. The van der Waals surface area contributed by atoms with Crippen LogP contribution in [0, 0.1) is 5.82 Å². The number of epoxide rings is 1. The predicted molar refractivity (Wildman–Crippen MR) is 95.7 cm³/mol. The third kappa shape index (κ3) is 3.47. The van der Waals surface area contributed by atoms with Gasteiger partial charge in [0.2, 0.25) is 0 Å². The van der Waals surface area contributed by atoms with Crippen LogP contribution < -0.4 is 5.32 Å². The van der Waals surface area contributed by atoms with Crippen molar-refractivity contribution >= 4 is 28.6 Å². The number of carboxylic acid groups (broad SMARTS) is 1. The molecule has 28 heavy (non-hydrogen) atoms. The number of amides is 1. The molecule has 8 nitrogen and oxygen atoms in total. The van der Waals surface area contributed by atoms with Crippen LogP contribution in [0.4, 0.5) is 10.2 Å². The number of carbonyl (C=O) groups excluding carboxylic acids is 1. The van der Waals surface area contributed by atoms with Gasteiger partial charge in [-0.15, -0.1) is 0 Å². The van der Waals surface area contributed by atoms with Gasteiger partial charge in [-0.1, -0.05) is 12.1 Å². The molecule has 0 spiro atoms. The van der Waals surface area contributed by atoms with Gasteiger partial charge in [0.05, 0.1) is 6.61 Å². The lowest BCUT2D eigenvalue weighted by Gasteiger charge is -2.11. The maximum Gasteiger partial charge on any atom is 0.358 e. The average Bonchev–Trinajstić information content (AvgIpc) is 3.51. The van der Waals surface area contributed by atoms with Crippen LogP contribution in [0.3, 0.4) is 0 Å². The van der Waals surface area contributed by atoms with Crippen LogP contribution in [0.1, 0.15) is 21.6 Å². The molecular formula is C19H14FN3O5. The van der Waals surface area contributed by atoms with E-state index in [-0.39, 0.29) is 29.1 Å². The number of ether oxygens (including phenoxy) is 1. The van der Waals surface area contributed by atoms with Crippen molar-refractivity contribution in [2.45, 2.75) is 12.5 Å². The third-order valence-electron chi connectivity index (χ3n) is 4.26. The van der Waals surface area contributed by atoms with Crippen molar-refractivity contribution in [2.75, 3.05) is 11.9 Å². The average molecular weight is 383 g/mol. The summed E-state index contributed by atoms with van der Waals surface area (Å²) in [5.74, 6) is -2.87. The van der Waals surface area contributed by atoms with Gasteiger partial charge in [-0.2, -0.15) is 0 Å². The zero-order valence-corrected chi connectivity index (χ0v) is 14.3. The van der Waals surface area contributed by atoms with Crippen LogP contribution in [-0.4, -0.2) is 44.8 Å². The number of benzene rings is 1. The molecule has 3 heterocycles. The molecule has 0 saturated carbocycles. The van der Waals surface area contributed by atoms with Crippen molar-refractivity contribution in [3.8, 4) is 5.75 Å². The topological polar surface area (TPSA) is 125 Å². The molecule has 1 amide bonds. The summed E-state index contributed by atoms with van der Waals surface area (Å²) in [6.45, 7) is 0.279. The van der Waals surface area contributed by atoms with Crippen LogP contribution in [-0.2, 0) is 16.0 Å². The maximum atomic E-state index is 13.1. The van der Waals surface area contributed by atoms with Crippen molar-refractivity contribution in [1.82, 2.24) is 9.97 Å². The molecule has 1 unspecified atom stereocenters. The van der Waals surface area contributed by atoms with E-state index in [1.807, 2.05) is 0 Å². The molecule has 1 fully saturated rings. The van der Waals surface area contributed by atoms with E-state index in [9.17, 15) is 24.2 Å². The van der Waals surface area contributed by atoms with Crippen LogP contribution in [0.2, 0.25) is 0 Å². The van der Waals surface area contributed by atoms with Gasteiger partial charge in [0, 0.05) is 11.6 Å². The minimum Gasteiger partial charge on any atom is -0.504 e. The highest BCUT2D eigenvalue weighted by Crippen LogP contribution is 2.32. The molecule has 9 heteroatoms. The zero-order valence-electron chi connectivity index (χ0n) is 14.3. The van der Waals surface area contributed by atoms with E-state index >= 15 is 0 Å². The lowest BCUT2D eigenvalue weighted by Crippen LogP contribution is -2.20. The van der Waals surface area contributed by atoms with Crippen molar-refractivity contribution in [3.63, 3.8) is 0 Å². The number of hydrogen-bond acceptors (Lipinski definition) is 6. The van der Waals surface area contributed by atoms with Gasteiger partial charge in [0.1, 0.15) is 17.2 Å². The molecule has 3 N–H and O–H groups in total. The van der Waals surface area contributed by atoms with Gasteiger partial charge in [-0.3, -0.25) is 9.78 Å². The molecular weight excluding hydrogens is 369 g/mol.